The van der Waals surface area contributed by atoms with Crippen LogP contribution >= 0.6 is 0 Å². The minimum Gasteiger partial charge on any atom is -0.370 e. The zero-order valence-corrected chi connectivity index (χ0v) is 17.1. The van der Waals surface area contributed by atoms with E-state index in [2.05, 4.69) is 21.2 Å². The van der Waals surface area contributed by atoms with E-state index in [1.165, 1.54) is 5.01 Å². The molecule has 172 valence electrons. The summed E-state index contributed by atoms with van der Waals surface area (Å²) in [5.74, 6) is -0.814. The Bertz CT molecular complexity index is 1060. The molecule has 0 aliphatic carbocycles. The molecule has 1 aromatic carbocycles. The van der Waals surface area contributed by atoms with Crippen LogP contribution in [0.4, 0.5) is 17.6 Å². The van der Waals surface area contributed by atoms with Crippen LogP contribution in [0.3, 0.4) is 0 Å². The molecule has 3 atom stereocenters. The van der Waals surface area contributed by atoms with Crippen molar-refractivity contribution >= 4 is 5.84 Å². The fourth-order valence-corrected chi connectivity index (χ4v) is 4.51. The number of halogens is 4. The highest BCUT2D eigenvalue weighted by atomic mass is 19.3. The zero-order valence-electron chi connectivity index (χ0n) is 17.1. The number of nitrogens with one attached hydrogen (secondary N) is 2. The molecule has 13 heteroatoms. The van der Waals surface area contributed by atoms with Crippen molar-refractivity contribution in [1.29, 1.82) is 0 Å². The Morgan fingerprint density at radius 1 is 1.25 bits per heavy atom. The lowest BCUT2D eigenvalue weighted by atomic mass is 9.93. The third-order valence-corrected chi connectivity index (χ3v) is 6.07. The maximum Gasteiger partial charge on any atom is 0.320 e. The molecular formula is C19H22F4N8O. The van der Waals surface area contributed by atoms with Crippen LogP contribution in [-0.4, -0.2) is 51.0 Å². The predicted octanol–water partition coefficient (Wildman–Crippen LogP) is 1.35. The molecule has 0 radical (unpaired) electrons. The monoisotopic (exact) mass is 454 g/mol. The first-order valence-corrected chi connectivity index (χ1v) is 10.1. The van der Waals surface area contributed by atoms with Crippen molar-refractivity contribution in [2.24, 2.45) is 10.8 Å². The number of rotatable bonds is 4. The van der Waals surface area contributed by atoms with Gasteiger partial charge in [-0.15, -0.1) is 10.6 Å². The van der Waals surface area contributed by atoms with Crippen molar-refractivity contribution in [3.05, 3.63) is 52.6 Å². The van der Waals surface area contributed by atoms with Crippen LogP contribution < -0.4 is 16.8 Å². The number of nitrogens with zero attached hydrogens (tertiary/aromatic N) is 5. The van der Waals surface area contributed by atoms with Crippen molar-refractivity contribution in [2.45, 2.75) is 44.2 Å². The number of amidine groups is 1. The van der Waals surface area contributed by atoms with Gasteiger partial charge in [-0.3, -0.25) is 14.5 Å². The number of hydrogen-bond donors (Lipinski definition) is 3. The first-order valence-electron chi connectivity index (χ1n) is 10.1. The smallest absolute Gasteiger partial charge is 0.320 e. The molecule has 3 aliphatic rings. The van der Waals surface area contributed by atoms with E-state index in [1.54, 1.807) is 7.05 Å². The van der Waals surface area contributed by atoms with Gasteiger partial charge in [0.2, 0.25) is 5.84 Å². The van der Waals surface area contributed by atoms with E-state index in [9.17, 15) is 17.6 Å². The van der Waals surface area contributed by atoms with E-state index >= 15 is 0 Å². The average molecular weight is 454 g/mol. The lowest BCUT2D eigenvalue weighted by molar-refractivity contribution is -0.0539. The Balaban J connectivity index is 1.32. The van der Waals surface area contributed by atoms with E-state index in [1.807, 2.05) is 4.90 Å². The van der Waals surface area contributed by atoms with Crippen molar-refractivity contribution in [1.82, 2.24) is 30.5 Å². The van der Waals surface area contributed by atoms with Crippen LogP contribution in [0.1, 0.15) is 41.8 Å². The number of alkyl halides is 2. The molecule has 5 rings (SSSR count). The van der Waals surface area contributed by atoms with Crippen molar-refractivity contribution in [2.75, 3.05) is 13.7 Å². The largest absolute Gasteiger partial charge is 0.370 e. The number of fused-ring (bicyclic) bond motifs is 1. The van der Waals surface area contributed by atoms with E-state index < -0.39 is 30.3 Å². The van der Waals surface area contributed by atoms with Gasteiger partial charge in [0.15, 0.2) is 5.82 Å². The lowest BCUT2D eigenvalue weighted by Gasteiger charge is -2.38. The lowest BCUT2D eigenvalue weighted by Crippen LogP contribution is -2.48. The molecule has 32 heavy (non-hydrogen) atoms. The van der Waals surface area contributed by atoms with Gasteiger partial charge in [-0.05, 0) is 24.6 Å². The molecule has 0 spiro atoms. The van der Waals surface area contributed by atoms with Gasteiger partial charge in [-0.2, -0.15) is 8.78 Å². The normalized spacial score (nSPS) is 25.9. The summed E-state index contributed by atoms with van der Waals surface area (Å²) in [6.45, 7) is -1.99. The Kier molecular flexibility index (Phi) is 5.28. The average Bonchev–Trinajstić information content (AvgIpc) is 3.43. The van der Waals surface area contributed by atoms with Crippen LogP contribution in [0, 0.1) is 11.6 Å². The molecule has 0 amide bonds. The van der Waals surface area contributed by atoms with Crippen LogP contribution in [0.25, 0.3) is 0 Å². The number of aromatic nitrogens is 2. The summed E-state index contributed by atoms with van der Waals surface area (Å²) in [4.78, 5) is 6.39. The molecule has 9 nitrogen and oxygen atoms in total. The van der Waals surface area contributed by atoms with Gasteiger partial charge in [0, 0.05) is 37.8 Å². The zero-order chi connectivity index (χ0) is 22.6. The number of hydrazone groups is 1. The summed E-state index contributed by atoms with van der Waals surface area (Å²) in [6.07, 6.45) is -0.335. The van der Waals surface area contributed by atoms with Crippen LogP contribution in [0.2, 0.25) is 0 Å². The number of ether oxygens (including phenoxy) is 1. The van der Waals surface area contributed by atoms with Crippen molar-refractivity contribution in [3.8, 4) is 0 Å². The summed E-state index contributed by atoms with van der Waals surface area (Å²) in [5, 5.41) is 5.44. The predicted molar refractivity (Wildman–Crippen MR) is 105 cm³/mol. The minimum atomic E-state index is -2.79. The Morgan fingerprint density at radius 3 is 2.75 bits per heavy atom. The maximum atomic E-state index is 14.2. The molecular weight excluding hydrogens is 432 g/mol. The third-order valence-electron chi connectivity index (χ3n) is 6.07. The summed E-state index contributed by atoms with van der Waals surface area (Å²) in [7, 11) is 1.64. The second kappa shape index (κ2) is 7.99. The Hall–Kier alpha value is -2.74. The highest BCUT2D eigenvalue weighted by Gasteiger charge is 2.40. The van der Waals surface area contributed by atoms with Gasteiger partial charge < -0.3 is 10.5 Å². The van der Waals surface area contributed by atoms with Crippen molar-refractivity contribution in [3.63, 3.8) is 0 Å². The number of nitrogens with two attached hydrogens (primary N) is 1. The number of imidazole rings is 1. The first-order chi connectivity index (χ1) is 15.3. The van der Waals surface area contributed by atoms with E-state index in [0.717, 1.165) is 22.8 Å². The Labute approximate surface area is 180 Å². The number of benzene rings is 1. The summed E-state index contributed by atoms with van der Waals surface area (Å²) >= 11 is 0. The maximum absolute atomic E-state index is 14.2. The molecule has 1 saturated heterocycles. The molecule has 4 heterocycles. The Morgan fingerprint density at radius 2 is 2.06 bits per heavy atom. The minimum absolute atomic E-state index is 0.0721. The van der Waals surface area contributed by atoms with E-state index in [-0.39, 0.29) is 36.4 Å². The van der Waals surface area contributed by atoms with Crippen LogP contribution in [-0.2, 0) is 17.8 Å². The molecule has 1 aromatic heterocycles. The number of hydrazine groups is 2. The van der Waals surface area contributed by atoms with Crippen molar-refractivity contribution < 1.29 is 22.3 Å². The second-order valence-corrected chi connectivity index (χ2v) is 8.07. The highest BCUT2D eigenvalue weighted by Crippen LogP contribution is 2.35. The van der Waals surface area contributed by atoms with Crippen LogP contribution in [0.15, 0.2) is 23.3 Å². The number of hydrogen-bond acceptors (Lipinski definition) is 8. The third kappa shape index (κ3) is 3.50. The molecule has 1 fully saturated rings. The van der Waals surface area contributed by atoms with E-state index in [4.69, 9.17) is 10.5 Å². The molecule has 2 aromatic rings. The van der Waals surface area contributed by atoms with Gasteiger partial charge in [-0.1, -0.05) is 0 Å². The first kappa shape index (κ1) is 21.1. The molecule has 4 N–H and O–H groups in total. The highest BCUT2D eigenvalue weighted by molar-refractivity contribution is 5.96. The molecule has 3 aliphatic heterocycles. The standard InChI is InChI=1S/C19H22F4N8O/c1-29-18(26-27-28-29)17-25-14-6-30(7-15(14)31(17)19(22)23)10-5-13(24)16(32-8-10)11-4-9(20)2-3-12(11)21/h2-4,10,13,16,19,27-28H,5-8,24H2,1H3/t10-,13+,16-/m1/s1. The second-order valence-electron chi connectivity index (χ2n) is 8.07. The van der Waals surface area contributed by atoms with Gasteiger partial charge in [-0.25, -0.2) is 19.3 Å². The van der Waals surface area contributed by atoms with E-state index in [0.29, 0.717) is 24.4 Å². The molecule has 0 saturated carbocycles. The van der Waals surface area contributed by atoms with Gasteiger partial charge >= 0.3 is 6.55 Å². The van der Waals surface area contributed by atoms with Gasteiger partial charge in [0.1, 0.15) is 17.7 Å². The van der Waals surface area contributed by atoms with Gasteiger partial charge in [0.05, 0.1) is 18.0 Å². The molecule has 0 unspecified atom stereocenters. The topological polar surface area (TPSA) is 96.0 Å². The quantitative estimate of drug-likeness (QED) is 0.601. The SMILES string of the molecule is CN1NNN=C1c1nc2c(n1C(F)F)CN([C@H]1CO[C@H](c3cc(F)ccc3F)[C@@H](N)C1)C2. The van der Waals surface area contributed by atoms with Crippen LogP contribution in [0.5, 0.6) is 0 Å². The fourth-order valence-electron chi connectivity index (χ4n) is 4.51. The summed E-state index contributed by atoms with van der Waals surface area (Å²) in [5.41, 5.74) is 12.5. The summed E-state index contributed by atoms with van der Waals surface area (Å²) < 4.78 is 62.3. The fraction of sp³-hybridized carbons (Fsp3) is 0.474. The molecule has 0 bridgehead atoms. The summed E-state index contributed by atoms with van der Waals surface area (Å²) in [6, 6.07) is 2.43. The van der Waals surface area contributed by atoms with Gasteiger partial charge in [0.25, 0.3) is 0 Å².